The lowest BCUT2D eigenvalue weighted by Gasteiger charge is -2.22. The normalized spacial score (nSPS) is 28.4. The van der Waals surface area contributed by atoms with Gasteiger partial charge in [0.1, 0.15) is 0 Å². The van der Waals surface area contributed by atoms with Gasteiger partial charge in [-0.05, 0) is 25.7 Å². The highest BCUT2D eigenvalue weighted by Gasteiger charge is 2.43. The maximum absolute atomic E-state index is 9.19. The van der Waals surface area contributed by atoms with Crippen LogP contribution in [0.1, 0.15) is 51.4 Å². The minimum Gasteiger partial charge on any atom is -0.394 e. The van der Waals surface area contributed by atoms with E-state index in [4.69, 9.17) is 0 Å². The molecule has 0 radical (unpaired) electrons. The van der Waals surface area contributed by atoms with Crippen LogP contribution >= 0.6 is 0 Å². The van der Waals surface area contributed by atoms with Crippen molar-refractivity contribution in [2.45, 2.75) is 62.9 Å². The van der Waals surface area contributed by atoms with E-state index in [2.05, 4.69) is 5.32 Å². The molecule has 2 aliphatic carbocycles. The van der Waals surface area contributed by atoms with Crippen molar-refractivity contribution in [1.82, 2.24) is 5.32 Å². The minimum absolute atomic E-state index is 0.148. The molecule has 0 amide bonds. The number of rotatable bonds is 3. The predicted octanol–water partition coefficient (Wildman–Crippen LogP) is 1.82. The van der Waals surface area contributed by atoms with Gasteiger partial charge in [0.15, 0.2) is 0 Å². The predicted molar refractivity (Wildman–Crippen MR) is 53.7 cm³/mol. The second-order valence-electron chi connectivity index (χ2n) is 4.77. The number of aliphatic hydroxyl groups excluding tert-OH is 1. The van der Waals surface area contributed by atoms with E-state index in [0.29, 0.717) is 12.6 Å². The second-order valence-corrected chi connectivity index (χ2v) is 4.77. The molecule has 2 heteroatoms. The monoisotopic (exact) mass is 183 g/mol. The summed E-state index contributed by atoms with van der Waals surface area (Å²) in [7, 11) is 0. The van der Waals surface area contributed by atoms with E-state index in [1.165, 1.54) is 51.4 Å². The highest BCUT2D eigenvalue weighted by atomic mass is 16.3. The van der Waals surface area contributed by atoms with Gasteiger partial charge in [0.25, 0.3) is 0 Å². The van der Waals surface area contributed by atoms with Gasteiger partial charge in [-0.15, -0.1) is 0 Å². The van der Waals surface area contributed by atoms with Crippen molar-refractivity contribution in [2.24, 2.45) is 0 Å². The molecule has 0 bridgehead atoms. The van der Waals surface area contributed by atoms with Gasteiger partial charge in [-0.3, -0.25) is 0 Å². The van der Waals surface area contributed by atoms with Crippen molar-refractivity contribution in [3.05, 3.63) is 0 Å². The quantitative estimate of drug-likeness (QED) is 0.654. The van der Waals surface area contributed by atoms with Gasteiger partial charge in [0, 0.05) is 11.6 Å². The molecule has 0 aliphatic heterocycles. The van der Waals surface area contributed by atoms with Crippen molar-refractivity contribution in [1.29, 1.82) is 0 Å². The van der Waals surface area contributed by atoms with Crippen LogP contribution in [0.25, 0.3) is 0 Å². The number of nitrogens with one attached hydrogen (secondary N) is 1. The fourth-order valence-corrected chi connectivity index (χ4v) is 2.36. The fourth-order valence-electron chi connectivity index (χ4n) is 2.36. The molecular weight excluding hydrogens is 162 g/mol. The lowest BCUT2D eigenvalue weighted by Crippen LogP contribution is -2.42. The third-order valence-electron chi connectivity index (χ3n) is 3.52. The summed E-state index contributed by atoms with van der Waals surface area (Å²) in [5, 5.41) is 12.8. The zero-order chi connectivity index (χ0) is 9.15. The molecule has 13 heavy (non-hydrogen) atoms. The van der Waals surface area contributed by atoms with E-state index >= 15 is 0 Å². The molecule has 0 aromatic heterocycles. The van der Waals surface area contributed by atoms with Crippen LogP contribution in [0, 0.1) is 0 Å². The van der Waals surface area contributed by atoms with Crippen LogP contribution in [0.15, 0.2) is 0 Å². The maximum Gasteiger partial charge on any atom is 0.0613 e. The van der Waals surface area contributed by atoms with E-state index in [1.54, 1.807) is 0 Å². The molecule has 2 N–H and O–H groups in total. The van der Waals surface area contributed by atoms with E-state index in [0.717, 1.165) is 0 Å². The Morgan fingerprint density at radius 3 is 2.15 bits per heavy atom. The SMILES string of the molecule is OCC1(NC2CCCCCC2)CC1. The third kappa shape index (κ3) is 2.44. The van der Waals surface area contributed by atoms with E-state index in [9.17, 15) is 5.11 Å². The van der Waals surface area contributed by atoms with Gasteiger partial charge in [-0.2, -0.15) is 0 Å². The van der Waals surface area contributed by atoms with Crippen LogP contribution in [0.4, 0.5) is 0 Å². The molecule has 0 aromatic rings. The average Bonchev–Trinajstić information content (AvgIpc) is 2.92. The lowest BCUT2D eigenvalue weighted by molar-refractivity contribution is 0.213. The van der Waals surface area contributed by atoms with Crippen LogP contribution < -0.4 is 5.32 Å². The Labute approximate surface area is 80.7 Å². The summed E-state index contributed by atoms with van der Waals surface area (Å²) in [6.45, 7) is 0.337. The van der Waals surface area contributed by atoms with Gasteiger partial charge in [0.05, 0.1) is 6.61 Å². The zero-order valence-electron chi connectivity index (χ0n) is 8.39. The summed E-state index contributed by atoms with van der Waals surface area (Å²) < 4.78 is 0. The molecule has 2 saturated carbocycles. The summed E-state index contributed by atoms with van der Waals surface area (Å²) in [4.78, 5) is 0. The first-order valence-electron chi connectivity index (χ1n) is 5.73. The summed E-state index contributed by atoms with van der Waals surface area (Å²) in [6, 6.07) is 0.692. The Hall–Kier alpha value is -0.0800. The first-order valence-corrected chi connectivity index (χ1v) is 5.73. The minimum atomic E-state index is 0.148. The molecule has 0 unspecified atom stereocenters. The first-order chi connectivity index (χ1) is 6.35. The van der Waals surface area contributed by atoms with Gasteiger partial charge >= 0.3 is 0 Å². The summed E-state index contributed by atoms with van der Waals surface area (Å²) in [5.74, 6) is 0. The van der Waals surface area contributed by atoms with Crippen LogP contribution in [-0.2, 0) is 0 Å². The van der Waals surface area contributed by atoms with E-state index in [-0.39, 0.29) is 5.54 Å². The molecule has 2 nitrogen and oxygen atoms in total. The van der Waals surface area contributed by atoms with Crippen molar-refractivity contribution in [2.75, 3.05) is 6.61 Å². The Morgan fingerprint density at radius 1 is 1.08 bits per heavy atom. The highest BCUT2D eigenvalue weighted by Crippen LogP contribution is 2.36. The van der Waals surface area contributed by atoms with Crippen molar-refractivity contribution in [3.8, 4) is 0 Å². The van der Waals surface area contributed by atoms with E-state index in [1.807, 2.05) is 0 Å². The highest BCUT2D eigenvalue weighted by molar-refractivity contribution is 5.03. The Bertz CT molecular complexity index is 157. The number of hydrogen-bond acceptors (Lipinski definition) is 2. The van der Waals surface area contributed by atoms with Crippen molar-refractivity contribution in [3.63, 3.8) is 0 Å². The summed E-state index contributed by atoms with van der Waals surface area (Å²) in [5.41, 5.74) is 0.148. The third-order valence-corrected chi connectivity index (χ3v) is 3.52. The zero-order valence-corrected chi connectivity index (χ0v) is 8.39. The average molecular weight is 183 g/mol. The molecule has 2 fully saturated rings. The second kappa shape index (κ2) is 3.97. The Kier molecular flexibility index (Phi) is 2.89. The summed E-state index contributed by atoms with van der Waals surface area (Å²) >= 11 is 0. The molecule has 0 saturated heterocycles. The van der Waals surface area contributed by atoms with Gasteiger partial charge in [-0.25, -0.2) is 0 Å². The van der Waals surface area contributed by atoms with E-state index < -0.39 is 0 Å². The molecule has 2 aliphatic rings. The largest absolute Gasteiger partial charge is 0.394 e. The van der Waals surface area contributed by atoms with Crippen molar-refractivity contribution < 1.29 is 5.11 Å². The van der Waals surface area contributed by atoms with Crippen molar-refractivity contribution >= 4 is 0 Å². The lowest BCUT2D eigenvalue weighted by atomic mass is 10.1. The standard InChI is InChI=1S/C11H21NO/c13-9-11(7-8-11)12-10-5-3-1-2-4-6-10/h10,12-13H,1-9H2. The number of hydrogen-bond donors (Lipinski definition) is 2. The van der Waals surface area contributed by atoms with Crippen LogP contribution in [0.2, 0.25) is 0 Å². The topological polar surface area (TPSA) is 32.3 Å². The molecule has 76 valence electrons. The molecule has 0 spiro atoms. The van der Waals surface area contributed by atoms with Crippen LogP contribution in [-0.4, -0.2) is 23.3 Å². The Balaban J connectivity index is 1.79. The molecule has 2 rings (SSSR count). The van der Waals surface area contributed by atoms with Crippen LogP contribution in [0.5, 0.6) is 0 Å². The first kappa shape index (κ1) is 9.47. The van der Waals surface area contributed by atoms with Gasteiger partial charge < -0.3 is 10.4 Å². The molecule has 0 heterocycles. The molecule has 0 aromatic carbocycles. The van der Waals surface area contributed by atoms with Gasteiger partial charge in [-0.1, -0.05) is 25.7 Å². The number of aliphatic hydroxyl groups is 1. The smallest absolute Gasteiger partial charge is 0.0613 e. The molecular formula is C11H21NO. The summed E-state index contributed by atoms with van der Waals surface area (Å²) in [6.07, 6.45) is 10.6. The Morgan fingerprint density at radius 2 is 1.69 bits per heavy atom. The molecule has 0 atom stereocenters. The van der Waals surface area contributed by atoms with Gasteiger partial charge in [0.2, 0.25) is 0 Å². The maximum atomic E-state index is 9.19. The fraction of sp³-hybridized carbons (Fsp3) is 1.00. The van der Waals surface area contributed by atoms with Crippen LogP contribution in [0.3, 0.4) is 0 Å².